The summed E-state index contributed by atoms with van der Waals surface area (Å²) in [4.78, 5) is 16.5. The number of amides is 1. The van der Waals surface area contributed by atoms with Gasteiger partial charge in [-0.15, -0.1) is 0 Å². The Kier molecular flexibility index (Phi) is 5.61. The number of anilines is 1. The van der Waals surface area contributed by atoms with E-state index in [1.54, 1.807) is 12.1 Å². The second-order valence-corrected chi connectivity index (χ2v) is 5.35. The van der Waals surface area contributed by atoms with Crippen LogP contribution in [-0.2, 0) is 0 Å². The quantitative estimate of drug-likeness (QED) is 0.877. The number of aromatic nitrogens is 1. The van der Waals surface area contributed by atoms with Crippen molar-refractivity contribution in [3.05, 3.63) is 22.8 Å². The molecule has 0 atom stereocenters. The Balaban J connectivity index is 2.03. The molecule has 2 N–H and O–H groups in total. The van der Waals surface area contributed by atoms with Crippen LogP contribution in [0.5, 0.6) is 0 Å². The Morgan fingerprint density at radius 1 is 1.35 bits per heavy atom. The van der Waals surface area contributed by atoms with E-state index in [2.05, 4.69) is 22.7 Å². The topological polar surface area (TPSA) is 57.3 Å². The molecule has 20 heavy (non-hydrogen) atoms. The van der Waals surface area contributed by atoms with Gasteiger partial charge in [-0.1, -0.05) is 24.9 Å². The van der Waals surface area contributed by atoms with Gasteiger partial charge in [0.05, 0.1) is 5.02 Å². The molecule has 1 amide bonds. The number of carbonyl (C=O) groups excluding carboxylic acids is 1. The van der Waals surface area contributed by atoms with E-state index in [0.717, 1.165) is 38.9 Å². The summed E-state index contributed by atoms with van der Waals surface area (Å²) < 4.78 is 0. The first-order valence-corrected chi connectivity index (χ1v) is 7.55. The Hall–Kier alpha value is -1.33. The summed E-state index contributed by atoms with van der Waals surface area (Å²) in [6, 6.07) is 3.49. The standard InChI is InChI=1S/C14H21ClN4O/c1-2-8-16-12-7-6-11(15)13(17-12)14(20)18-19-9-4-3-5-10-19/h6-7H,2-5,8-10H2,1H3,(H,16,17)(H,18,20). The lowest BCUT2D eigenvalue weighted by Gasteiger charge is -2.26. The third kappa shape index (κ3) is 4.08. The van der Waals surface area contributed by atoms with E-state index in [9.17, 15) is 4.79 Å². The van der Waals surface area contributed by atoms with E-state index in [1.165, 1.54) is 6.42 Å². The van der Waals surface area contributed by atoms with Crippen molar-refractivity contribution < 1.29 is 4.79 Å². The van der Waals surface area contributed by atoms with Crippen LogP contribution >= 0.6 is 11.6 Å². The number of nitrogens with one attached hydrogen (secondary N) is 2. The third-order valence-corrected chi connectivity index (χ3v) is 3.54. The fraction of sp³-hybridized carbons (Fsp3) is 0.571. The summed E-state index contributed by atoms with van der Waals surface area (Å²) in [6.07, 6.45) is 4.44. The van der Waals surface area contributed by atoms with Crippen LogP contribution < -0.4 is 10.7 Å². The molecule has 0 radical (unpaired) electrons. The maximum Gasteiger partial charge on any atom is 0.285 e. The van der Waals surface area contributed by atoms with Gasteiger partial charge in [-0.25, -0.2) is 9.99 Å². The lowest BCUT2D eigenvalue weighted by molar-refractivity contribution is 0.0745. The van der Waals surface area contributed by atoms with Crippen LogP contribution in [0.15, 0.2) is 12.1 Å². The highest BCUT2D eigenvalue weighted by Gasteiger charge is 2.17. The van der Waals surface area contributed by atoms with Gasteiger partial charge < -0.3 is 5.32 Å². The number of halogens is 1. The molecular formula is C14H21ClN4O. The fourth-order valence-electron chi connectivity index (χ4n) is 2.16. The Morgan fingerprint density at radius 2 is 2.10 bits per heavy atom. The van der Waals surface area contributed by atoms with Crippen LogP contribution in [0.3, 0.4) is 0 Å². The average molecular weight is 297 g/mol. The van der Waals surface area contributed by atoms with Crippen molar-refractivity contribution in [2.45, 2.75) is 32.6 Å². The monoisotopic (exact) mass is 296 g/mol. The van der Waals surface area contributed by atoms with Gasteiger partial charge in [-0.2, -0.15) is 0 Å². The van der Waals surface area contributed by atoms with Crippen LogP contribution in [-0.4, -0.2) is 35.5 Å². The summed E-state index contributed by atoms with van der Waals surface area (Å²) in [6.45, 7) is 4.67. The molecule has 1 fully saturated rings. The Morgan fingerprint density at radius 3 is 2.80 bits per heavy atom. The first kappa shape index (κ1) is 15.1. The number of rotatable bonds is 5. The molecule has 1 aromatic heterocycles. The van der Waals surface area contributed by atoms with E-state index < -0.39 is 0 Å². The van der Waals surface area contributed by atoms with Crippen molar-refractivity contribution in [2.24, 2.45) is 0 Å². The molecule has 5 nitrogen and oxygen atoms in total. The number of carbonyl (C=O) groups is 1. The van der Waals surface area contributed by atoms with Crippen LogP contribution in [0.1, 0.15) is 43.1 Å². The Labute approximate surface area is 124 Å². The normalized spacial score (nSPS) is 15.9. The molecule has 2 rings (SSSR count). The van der Waals surface area contributed by atoms with Crippen molar-refractivity contribution in [1.82, 2.24) is 15.4 Å². The molecule has 6 heteroatoms. The highest BCUT2D eigenvalue weighted by molar-refractivity contribution is 6.33. The summed E-state index contributed by atoms with van der Waals surface area (Å²) in [5.41, 5.74) is 3.16. The van der Waals surface area contributed by atoms with Crippen molar-refractivity contribution in [3.63, 3.8) is 0 Å². The van der Waals surface area contributed by atoms with Crippen molar-refractivity contribution in [3.8, 4) is 0 Å². The zero-order valence-electron chi connectivity index (χ0n) is 11.8. The van der Waals surface area contributed by atoms with E-state index in [0.29, 0.717) is 10.8 Å². The van der Waals surface area contributed by atoms with E-state index in [-0.39, 0.29) is 11.6 Å². The SMILES string of the molecule is CCCNc1ccc(Cl)c(C(=O)NN2CCCCC2)n1. The molecule has 0 saturated carbocycles. The zero-order chi connectivity index (χ0) is 14.4. The van der Waals surface area contributed by atoms with Gasteiger partial charge >= 0.3 is 0 Å². The predicted octanol–water partition coefficient (Wildman–Crippen LogP) is 2.69. The van der Waals surface area contributed by atoms with Gasteiger partial charge in [-0.05, 0) is 31.4 Å². The second-order valence-electron chi connectivity index (χ2n) is 4.94. The Bertz CT molecular complexity index is 460. The van der Waals surface area contributed by atoms with E-state index >= 15 is 0 Å². The molecule has 0 spiro atoms. The molecule has 1 aliphatic heterocycles. The molecule has 110 valence electrons. The molecule has 1 aromatic rings. The van der Waals surface area contributed by atoms with E-state index in [1.807, 2.05) is 5.01 Å². The first-order valence-electron chi connectivity index (χ1n) is 7.17. The van der Waals surface area contributed by atoms with Gasteiger partial charge in [0.25, 0.3) is 5.91 Å². The van der Waals surface area contributed by atoms with Gasteiger partial charge in [0, 0.05) is 19.6 Å². The number of hydrazine groups is 1. The molecule has 1 aliphatic rings. The van der Waals surface area contributed by atoms with Crippen LogP contribution in [0.25, 0.3) is 0 Å². The average Bonchev–Trinajstić information content (AvgIpc) is 2.47. The molecule has 0 aliphatic carbocycles. The lowest BCUT2D eigenvalue weighted by atomic mass is 10.2. The van der Waals surface area contributed by atoms with Crippen LogP contribution in [0.4, 0.5) is 5.82 Å². The zero-order valence-corrected chi connectivity index (χ0v) is 12.5. The van der Waals surface area contributed by atoms with Crippen molar-refractivity contribution >= 4 is 23.3 Å². The number of hydrogen-bond donors (Lipinski definition) is 2. The summed E-state index contributed by atoms with van der Waals surface area (Å²) >= 11 is 6.07. The number of piperidine rings is 1. The maximum atomic E-state index is 12.2. The fourth-order valence-corrected chi connectivity index (χ4v) is 2.35. The minimum atomic E-state index is -0.239. The summed E-state index contributed by atoms with van der Waals surface area (Å²) in [5, 5.41) is 5.47. The van der Waals surface area contributed by atoms with Crippen molar-refractivity contribution in [2.75, 3.05) is 25.0 Å². The summed E-state index contributed by atoms with van der Waals surface area (Å²) in [7, 11) is 0. The van der Waals surface area contributed by atoms with Gasteiger partial charge in [0.2, 0.25) is 0 Å². The second kappa shape index (κ2) is 7.45. The van der Waals surface area contributed by atoms with Gasteiger partial charge in [0.1, 0.15) is 5.82 Å². The molecule has 0 bridgehead atoms. The van der Waals surface area contributed by atoms with E-state index in [4.69, 9.17) is 11.6 Å². The number of pyridine rings is 1. The first-order chi connectivity index (χ1) is 9.70. The summed E-state index contributed by atoms with van der Waals surface area (Å²) in [5.74, 6) is 0.442. The van der Waals surface area contributed by atoms with Gasteiger partial charge in [0.15, 0.2) is 5.69 Å². The van der Waals surface area contributed by atoms with Crippen LogP contribution in [0, 0.1) is 0 Å². The van der Waals surface area contributed by atoms with Crippen LogP contribution in [0.2, 0.25) is 5.02 Å². The molecule has 2 heterocycles. The minimum absolute atomic E-state index is 0.239. The number of hydrogen-bond acceptors (Lipinski definition) is 4. The minimum Gasteiger partial charge on any atom is -0.370 e. The maximum absolute atomic E-state index is 12.2. The number of nitrogens with zero attached hydrogens (tertiary/aromatic N) is 2. The third-order valence-electron chi connectivity index (χ3n) is 3.23. The van der Waals surface area contributed by atoms with Gasteiger partial charge in [-0.3, -0.25) is 10.2 Å². The highest BCUT2D eigenvalue weighted by atomic mass is 35.5. The smallest absolute Gasteiger partial charge is 0.285 e. The highest BCUT2D eigenvalue weighted by Crippen LogP contribution is 2.17. The predicted molar refractivity (Wildman–Crippen MR) is 80.9 cm³/mol. The molecule has 1 saturated heterocycles. The largest absolute Gasteiger partial charge is 0.370 e. The molecule has 0 unspecified atom stereocenters. The molecule has 0 aromatic carbocycles. The lowest BCUT2D eigenvalue weighted by Crippen LogP contribution is -2.45. The van der Waals surface area contributed by atoms with Crippen molar-refractivity contribution in [1.29, 1.82) is 0 Å². The molecular weight excluding hydrogens is 276 g/mol.